The van der Waals surface area contributed by atoms with Crippen LogP contribution in [0.5, 0.6) is 5.75 Å². The molecule has 5 nitrogen and oxygen atoms in total. The fourth-order valence-electron chi connectivity index (χ4n) is 3.12. The summed E-state index contributed by atoms with van der Waals surface area (Å²) >= 11 is 0. The average molecular weight is 338 g/mol. The molecule has 0 fully saturated rings. The number of hydrogen-bond acceptors (Lipinski definition) is 5. The van der Waals surface area contributed by atoms with Crippen molar-refractivity contribution >= 4 is 23.6 Å². The number of Topliss-reactive ketones (excluding diaryl/α,β-unsaturated/α-hetero) is 3. The Bertz CT molecular complexity index is 911. The molecule has 1 aromatic carbocycles. The van der Waals surface area contributed by atoms with Gasteiger partial charge in [0.1, 0.15) is 5.75 Å². The predicted molar refractivity (Wildman–Crippen MR) is 93.6 cm³/mol. The van der Waals surface area contributed by atoms with Gasteiger partial charge in [0.25, 0.3) is 0 Å². The largest absolute Gasteiger partial charge is 0.506 e. The maximum Gasteiger partial charge on any atom is 0.195 e. The van der Waals surface area contributed by atoms with Gasteiger partial charge in [-0.25, -0.2) is 0 Å². The van der Waals surface area contributed by atoms with Crippen molar-refractivity contribution in [1.82, 2.24) is 0 Å². The van der Waals surface area contributed by atoms with Gasteiger partial charge >= 0.3 is 0 Å². The van der Waals surface area contributed by atoms with Gasteiger partial charge in [-0.1, -0.05) is 24.3 Å². The molecule has 5 heteroatoms. The molecular weight excluding hydrogens is 320 g/mol. The predicted octanol–water partition coefficient (Wildman–Crippen LogP) is 3.54. The van der Waals surface area contributed by atoms with Crippen molar-refractivity contribution in [2.45, 2.75) is 27.7 Å². The molecule has 0 aliphatic heterocycles. The van der Waals surface area contributed by atoms with E-state index >= 15 is 0 Å². The fraction of sp³-hybridized carbons (Fsp3) is 0.200. The molecular formula is C20H18O5. The van der Waals surface area contributed by atoms with Crippen molar-refractivity contribution in [2.75, 3.05) is 0 Å². The summed E-state index contributed by atoms with van der Waals surface area (Å²) in [6.45, 7) is 6.14. The molecule has 0 saturated heterocycles. The lowest BCUT2D eigenvalue weighted by atomic mass is 9.77. The molecule has 0 atom stereocenters. The molecule has 0 bridgehead atoms. The summed E-state index contributed by atoms with van der Waals surface area (Å²) in [6.07, 6.45) is 6.58. The fourth-order valence-corrected chi connectivity index (χ4v) is 3.12. The lowest BCUT2D eigenvalue weighted by Crippen LogP contribution is -2.25. The number of carbonyl (C=O) groups is 4. The van der Waals surface area contributed by atoms with Crippen molar-refractivity contribution in [3.8, 4) is 5.75 Å². The van der Waals surface area contributed by atoms with Crippen LogP contribution in [-0.4, -0.2) is 28.7 Å². The smallest absolute Gasteiger partial charge is 0.195 e. The van der Waals surface area contributed by atoms with Crippen molar-refractivity contribution < 1.29 is 24.3 Å². The van der Waals surface area contributed by atoms with E-state index in [1.54, 1.807) is 26.0 Å². The zero-order valence-electron chi connectivity index (χ0n) is 14.5. The van der Waals surface area contributed by atoms with E-state index < -0.39 is 23.1 Å². The summed E-state index contributed by atoms with van der Waals surface area (Å²) in [5, 5.41) is 10.3. The van der Waals surface area contributed by atoms with E-state index in [0.717, 1.165) is 0 Å². The minimum absolute atomic E-state index is 0.00328. The SMILES string of the molecule is C/C=C/C1=C(/C=C/C)C(=O)c2c(C=O)c(O)c(C(C)=O)c(C)c2C1=O. The van der Waals surface area contributed by atoms with Gasteiger partial charge < -0.3 is 5.11 Å². The van der Waals surface area contributed by atoms with Crippen LogP contribution in [0.3, 0.4) is 0 Å². The molecule has 1 aliphatic carbocycles. The molecule has 0 aromatic heterocycles. The number of benzene rings is 1. The van der Waals surface area contributed by atoms with Gasteiger partial charge in [-0.2, -0.15) is 0 Å². The van der Waals surface area contributed by atoms with Crippen LogP contribution in [-0.2, 0) is 0 Å². The Kier molecular flexibility index (Phi) is 4.97. The van der Waals surface area contributed by atoms with E-state index in [2.05, 4.69) is 0 Å². The summed E-state index contributed by atoms with van der Waals surface area (Å²) in [7, 11) is 0. The van der Waals surface area contributed by atoms with Gasteiger partial charge in [0.2, 0.25) is 0 Å². The van der Waals surface area contributed by atoms with E-state index in [1.807, 2.05) is 0 Å². The summed E-state index contributed by atoms with van der Waals surface area (Å²) in [5.41, 5.74) is -0.0564. The van der Waals surface area contributed by atoms with Crippen LogP contribution >= 0.6 is 0 Å². The Morgan fingerprint density at radius 1 is 0.960 bits per heavy atom. The molecule has 0 heterocycles. The standard InChI is InChI=1S/C20H18O5/c1-5-7-12-13(8-6-2)19(24)17-14(9-21)20(25)15(11(4)22)10(3)16(17)18(12)23/h5-9,25H,1-4H3/b7-5+,8-6+. The van der Waals surface area contributed by atoms with Crippen LogP contribution in [0.25, 0.3) is 0 Å². The topological polar surface area (TPSA) is 88.5 Å². The van der Waals surface area contributed by atoms with Crippen LogP contribution in [0.4, 0.5) is 0 Å². The summed E-state index contributed by atoms with van der Waals surface area (Å²) < 4.78 is 0. The molecule has 0 amide bonds. The normalized spacial score (nSPS) is 14.6. The molecule has 1 aromatic rings. The zero-order valence-corrected chi connectivity index (χ0v) is 14.5. The van der Waals surface area contributed by atoms with Crippen molar-refractivity contribution in [2.24, 2.45) is 0 Å². The van der Waals surface area contributed by atoms with Crippen LogP contribution in [0.2, 0.25) is 0 Å². The Balaban J connectivity index is 3.04. The Hall–Kier alpha value is -3.08. The minimum Gasteiger partial charge on any atom is -0.506 e. The van der Waals surface area contributed by atoms with E-state index in [1.165, 1.54) is 26.0 Å². The second kappa shape index (κ2) is 6.81. The highest BCUT2D eigenvalue weighted by molar-refractivity contribution is 6.32. The summed E-state index contributed by atoms with van der Waals surface area (Å²) in [5.74, 6) is -2.04. The first-order valence-electron chi connectivity index (χ1n) is 7.76. The van der Waals surface area contributed by atoms with Crippen LogP contribution in [0.1, 0.15) is 67.8 Å². The number of rotatable bonds is 4. The number of hydrogen-bond donors (Lipinski definition) is 1. The maximum absolute atomic E-state index is 13.0. The maximum atomic E-state index is 13.0. The van der Waals surface area contributed by atoms with Gasteiger partial charge in [-0.15, -0.1) is 0 Å². The second-order valence-electron chi connectivity index (χ2n) is 5.67. The van der Waals surface area contributed by atoms with Crippen molar-refractivity contribution in [1.29, 1.82) is 0 Å². The molecule has 0 spiro atoms. The number of carbonyl (C=O) groups excluding carboxylic acids is 4. The molecule has 0 unspecified atom stereocenters. The third-order valence-corrected chi connectivity index (χ3v) is 4.13. The first kappa shape index (κ1) is 18.3. The van der Waals surface area contributed by atoms with Crippen LogP contribution < -0.4 is 0 Å². The Labute approximate surface area is 145 Å². The number of allylic oxidation sites excluding steroid dienone is 6. The van der Waals surface area contributed by atoms with Crippen molar-refractivity contribution in [3.63, 3.8) is 0 Å². The lowest BCUT2D eigenvalue weighted by Gasteiger charge is -2.23. The third-order valence-electron chi connectivity index (χ3n) is 4.13. The molecule has 0 saturated carbocycles. The number of ketones is 3. The minimum atomic E-state index is -0.561. The van der Waals surface area contributed by atoms with E-state index in [0.29, 0.717) is 6.29 Å². The quantitative estimate of drug-likeness (QED) is 0.670. The first-order valence-corrected chi connectivity index (χ1v) is 7.76. The number of phenols is 1. The second-order valence-corrected chi connectivity index (χ2v) is 5.67. The van der Waals surface area contributed by atoms with E-state index in [9.17, 15) is 24.3 Å². The van der Waals surface area contributed by atoms with Crippen LogP contribution in [0, 0.1) is 6.92 Å². The summed E-state index contributed by atoms with van der Waals surface area (Å²) in [6, 6.07) is 0. The zero-order chi connectivity index (χ0) is 18.9. The number of aldehydes is 1. The third kappa shape index (κ3) is 2.67. The average Bonchev–Trinajstić information content (AvgIpc) is 2.55. The number of phenolic OH excluding ortho intramolecular Hbond substituents is 1. The summed E-state index contributed by atoms with van der Waals surface area (Å²) in [4.78, 5) is 49.4. The Morgan fingerprint density at radius 3 is 1.84 bits per heavy atom. The lowest BCUT2D eigenvalue weighted by molar-refractivity contribution is 0.0974. The number of aromatic hydroxyl groups is 1. The molecule has 0 radical (unpaired) electrons. The van der Waals surface area contributed by atoms with E-state index in [4.69, 9.17) is 0 Å². The van der Waals surface area contributed by atoms with Gasteiger partial charge in [-0.3, -0.25) is 19.2 Å². The van der Waals surface area contributed by atoms with Gasteiger partial charge in [0.05, 0.1) is 11.1 Å². The van der Waals surface area contributed by atoms with Crippen molar-refractivity contribution in [3.05, 3.63) is 63.3 Å². The Morgan fingerprint density at radius 2 is 1.44 bits per heavy atom. The molecule has 2 rings (SSSR count). The van der Waals surface area contributed by atoms with E-state index in [-0.39, 0.29) is 39.0 Å². The molecule has 1 N–H and O–H groups in total. The highest BCUT2D eigenvalue weighted by atomic mass is 16.3. The highest BCUT2D eigenvalue weighted by Gasteiger charge is 2.36. The van der Waals surface area contributed by atoms with Gasteiger partial charge in [-0.05, 0) is 33.3 Å². The number of fused-ring (bicyclic) bond motifs is 1. The monoisotopic (exact) mass is 338 g/mol. The first-order chi connectivity index (χ1) is 11.8. The van der Waals surface area contributed by atoms with Gasteiger partial charge in [0, 0.05) is 22.3 Å². The molecule has 1 aliphatic rings. The van der Waals surface area contributed by atoms with Crippen LogP contribution in [0.15, 0.2) is 35.5 Å². The van der Waals surface area contributed by atoms with Gasteiger partial charge in [0.15, 0.2) is 23.6 Å². The highest BCUT2D eigenvalue weighted by Crippen LogP contribution is 2.38. The molecule has 128 valence electrons. The molecule has 25 heavy (non-hydrogen) atoms.